The second kappa shape index (κ2) is 8.10. The van der Waals surface area contributed by atoms with Gasteiger partial charge in [-0.3, -0.25) is 19.7 Å². The average molecular weight is 355 g/mol. The van der Waals surface area contributed by atoms with Crippen LogP contribution in [0.5, 0.6) is 0 Å². The fraction of sp³-hybridized carbons (Fsp3) is 0.500. The minimum atomic E-state index is -0.869. The molecule has 1 heterocycles. The first-order valence-corrected chi connectivity index (χ1v) is 8.20. The van der Waals surface area contributed by atoms with Gasteiger partial charge in [-0.2, -0.15) is 0 Å². The first-order valence-electron chi connectivity index (χ1n) is 7.82. The fourth-order valence-corrected chi connectivity index (χ4v) is 3.22. The number of halogens is 1. The van der Waals surface area contributed by atoms with Gasteiger partial charge >= 0.3 is 5.97 Å². The number of likely N-dealkylation sites (tertiary alicyclic amines) is 1. The summed E-state index contributed by atoms with van der Waals surface area (Å²) in [5.41, 5.74) is 0.420. The number of carbonyl (C=O) groups is 2. The number of rotatable bonds is 6. The molecule has 1 amide bonds. The summed E-state index contributed by atoms with van der Waals surface area (Å²) in [7, 11) is 0. The van der Waals surface area contributed by atoms with Gasteiger partial charge < -0.3 is 10.0 Å². The monoisotopic (exact) mass is 354 g/mol. The van der Waals surface area contributed by atoms with Gasteiger partial charge in [0.05, 0.1) is 16.4 Å². The topological polar surface area (TPSA) is 101 Å². The van der Waals surface area contributed by atoms with Crippen LogP contribution in [-0.2, 0) is 16.0 Å². The summed E-state index contributed by atoms with van der Waals surface area (Å²) in [6.07, 6.45) is 3.20. The molecule has 24 heavy (non-hydrogen) atoms. The van der Waals surface area contributed by atoms with E-state index in [1.165, 1.54) is 18.2 Å². The average Bonchev–Trinajstić information content (AvgIpc) is 2.54. The van der Waals surface area contributed by atoms with E-state index in [1.54, 1.807) is 4.90 Å². The van der Waals surface area contributed by atoms with Crippen molar-refractivity contribution in [3.8, 4) is 0 Å². The van der Waals surface area contributed by atoms with E-state index in [-0.39, 0.29) is 35.5 Å². The highest BCUT2D eigenvalue weighted by molar-refractivity contribution is 6.31. The quantitative estimate of drug-likeness (QED) is 0.625. The van der Waals surface area contributed by atoms with Crippen molar-refractivity contribution in [1.29, 1.82) is 0 Å². The highest BCUT2D eigenvalue weighted by Gasteiger charge is 2.27. The Morgan fingerprint density at radius 3 is 2.75 bits per heavy atom. The van der Waals surface area contributed by atoms with Gasteiger partial charge in [-0.05, 0) is 31.2 Å². The molecule has 1 aromatic rings. The highest BCUT2D eigenvalue weighted by atomic mass is 35.5. The molecule has 1 aliphatic heterocycles. The molecule has 2 rings (SSSR count). The number of carboxylic acid groups (broad SMARTS) is 1. The summed E-state index contributed by atoms with van der Waals surface area (Å²) in [5.74, 6) is -0.993. The number of nitro groups is 1. The van der Waals surface area contributed by atoms with E-state index in [4.69, 9.17) is 16.7 Å². The number of amides is 1. The van der Waals surface area contributed by atoms with Crippen LogP contribution in [0.1, 0.15) is 37.7 Å². The van der Waals surface area contributed by atoms with Gasteiger partial charge in [-0.25, -0.2) is 0 Å². The van der Waals surface area contributed by atoms with E-state index in [2.05, 4.69) is 0 Å². The lowest BCUT2D eigenvalue weighted by Crippen LogP contribution is -2.44. The fourth-order valence-electron chi connectivity index (χ4n) is 2.98. The van der Waals surface area contributed by atoms with Crippen LogP contribution >= 0.6 is 11.6 Å². The lowest BCUT2D eigenvalue weighted by Gasteiger charge is -2.36. The molecule has 1 N–H and O–H groups in total. The minimum absolute atomic E-state index is 0.0345. The minimum Gasteiger partial charge on any atom is -0.481 e. The Morgan fingerprint density at radius 1 is 1.38 bits per heavy atom. The van der Waals surface area contributed by atoms with Crippen molar-refractivity contribution in [3.05, 3.63) is 38.9 Å². The van der Waals surface area contributed by atoms with Crippen molar-refractivity contribution < 1.29 is 19.6 Å². The predicted molar refractivity (Wildman–Crippen MR) is 88.0 cm³/mol. The summed E-state index contributed by atoms with van der Waals surface area (Å²) in [6.45, 7) is 0.605. The number of carbonyl (C=O) groups excluding carboxylic acids is 1. The molecule has 8 heteroatoms. The Morgan fingerprint density at radius 2 is 2.12 bits per heavy atom. The van der Waals surface area contributed by atoms with E-state index in [0.717, 1.165) is 19.3 Å². The molecule has 0 radical (unpaired) electrons. The normalized spacial score (nSPS) is 17.5. The summed E-state index contributed by atoms with van der Waals surface area (Å²) in [6, 6.07) is 3.99. The summed E-state index contributed by atoms with van der Waals surface area (Å²) < 4.78 is 0. The van der Waals surface area contributed by atoms with Gasteiger partial charge in [0, 0.05) is 31.1 Å². The zero-order valence-corrected chi connectivity index (χ0v) is 13.9. The van der Waals surface area contributed by atoms with Crippen LogP contribution in [0.2, 0.25) is 5.02 Å². The Bertz CT molecular complexity index is 649. The van der Waals surface area contributed by atoms with Crippen molar-refractivity contribution in [1.82, 2.24) is 4.90 Å². The van der Waals surface area contributed by atoms with Crippen LogP contribution < -0.4 is 0 Å². The third kappa shape index (κ3) is 4.67. The number of aliphatic carboxylic acids is 1. The lowest BCUT2D eigenvalue weighted by atomic mass is 9.97. The van der Waals surface area contributed by atoms with Crippen LogP contribution in [0, 0.1) is 10.1 Å². The second-order valence-corrected chi connectivity index (χ2v) is 6.29. The molecule has 1 unspecified atom stereocenters. The van der Waals surface area contributed by atoms with E-state index in [9.17, 15) is 19.7 Å². The van der Waals surface area contributed by atoms with Gasteiger partial charge in [0.15, 0.2) is 0 Å². The summed E-state index contributed by atoms with van der Waals surface area (Å²) >= 11 is 6.04. The third-order valence-corrected chi connectivity index (χ3v) is 4.58. The smallest absolute Gasteiger partial charge is 0.303 e. The van der Waals surface area contributed by atoms with Crippen LogP contribution in [0.3, 0.4) is 0 Å². The third-order valence-electron chi connectivity index (χ3n) is 4.23. The molecular weight excluding hydrogens is 336 g/mol. The second-order valence-electron chi connectivity index (χ2n) is 5.88. The molecule has 1 fully saturated rings. The Labute approximate surface area is 144 Å². The Balaban J connectivity index is 2.06. The molecule has 0 aliphatic carbocycles. The molecule has 1 aromatic carbocycles. The maximum absolute atomic E-state index is 12.6. The lowest BCUT2D eigenvalue weighted by molar-refractivity contribution is -0.384. The van der Waals surface area contributed by atoms with E-state index < -0.39 is 10.9 Å². The zero-order valence-electron chi connectivity index (χ0n) is 13.1. The number of nitrogens with zero attached hydrogens (tertiary/aromatic N) is 2. The molecule has 0 aromatic heterocycles. The number of non-ortho nitro benzene ring substituents is 1. The van der Waals surface area contributed by atoms with Crippen LogP contribution in [0.4, 0.5) is 5.69 Å². The van der Waals surface area contributed by atoms with Crippen molar-refractivity contribution >= 4 is 29.2 Å². The maximum atomic E-state index is 12.6. The maximum Gasteiger partial charge on any atom is 0.303 e. The number of piperidine rings is 1. The number of carboxylic acids is 1. The summed E-state index contributed by atoms with van der Waals surface area (Å²) in [5, 5.41) is 19.8. The molecule has 1 atom stereocenters. The van der Waals surface area contributed by atoms with Crippen molar-refractivity contribution in [2.45, 2.75) is 44.6 Å². The molecule has 0 saturated carbocycles. The molecule has 1 aliphatic rings. The van der Waals surface area contributed by atoms with Gasteiger partial charge in [-0.15, -0.1) is 0 Å². The van der Waals surface area contributed by atoms with Crippen LogP contribution in [0.15, 0.2) is 18.2 Å². The molecular formula is C16H19ClN2O5. The van der Waals surface area contributed by atoms with Crippen LogP contribution in [-0.4, -0.2) is 39.4 Å². The largest absolute Gasteiger partial charge is 0.481 e. The highest BCUT2D eigenvalue weighted by Crippen LogP contribution is 2.26. The number of benzene rings is 1. The SMILES string of the molecule is O=C(O)CCC1CCCCN1C(=O)Cc1ccc([N+](=O)[O-])cc1Cl. The van der Waals surface area contributed by atoms with Crippen LogP contribution in [0.25, 0.3) is 0 Å². The number of hydrogen-bond acceptors (Lipinski definition) is 4. The predicted octanol–water partition coefficient (Wildman–Crippen LogP) is 3.04. The Kier molecular flexibility index (Phi) is 6.14. The van der Waals surface area contributed by atoms with Crippen molar-refractivity contribution in [2.24, 2.45) is 0 Å². The van der Waals surface area contributed by atoms with Gasteiger partial charge in [-0.1, -0.05) is 17.7 Å². The van der Waals surface area contributed by atoms with Gasteiger partial charge in [0.1, 0.15) is 0 Å². The molecule has 130 valence electrons. The standard InChI is InChI=1S/C16H19ClN2O5/c17-14-10-13(19(23)24)5-4-11(14)9-15(20)18-8-2-1-3-12(18)6-7-16(21)22/h4-5,10,12H,1-3,6-9H2,(H,21,22). The van der Waals surface area contributed by atoms with E-state index in [1.807, 2.05) is 0 Å². The summed E-state index contributed by atoms with van der Waals surface area (Å²) in [4.78, 5) is 35.3. The van der Waals surface area contributed by atoms with Gasteiger partial charge in [0.2, 0.25) is 5.91 Å². The van der Waals surface area contributed by atoms with Crippen molar-refractivity contribution in [2.75, 3.05) is 6.54 Å². The number of nitro benzene ring substituents is 1. The Hall–Kier alpha value is -2.15. The van der Waals surface area contributed by atoms with E-state index in [0.29, 0.717) is 18.5 Å². The zero-order chi connectivity index (χ0) is 17.7. The molecule has 0 spiro atoms. The van der Waals surface area contributed by atoms with Gasteiger partial charge in [0.25, 0.3) is 5.69 Å². The molecule has 7 nitrogen and oxygen atoms in total. The first-order chi connectivity index (χ1) is 11.4. The molecule has 0 bridgehead atoms. The first kappa shape index (κ1) is 18.2. The molecule has 1 saturated heterocycles. The number of hydrogen-bond donors (Lipinski definition) is 1. The van der Waals surface area contributed by atoms with Crippen molar-refractivity contribution in [3.63, 3.8) is 0 Å². The van der Waals surface area contributed by atoms with E-state index >= 15 is 0 Å².